The van der Waals surface area contributed by atoms with Crippen LogP contribution in [-0.2, 0) is 4.74 Å². The highest BCUT2D eigenvalue weighted by Gasteiger charge is 2.47. The van der Waals surface area contributed by atoms with Crippen LogP contribution in [0.1, 0.15) is 36.2 Å². The molecule has 1 saturated heterocycles. The first-order valence-corrected chi connectivity index (χ1v) is 7.65. The summed E-state index contributed by atoms with van der Waals surface area (Å²) in [4.78, 5) is 30.7. The van der Waals surface area contributed by atoms with Crippen LogP contribution < -0.4 is 11.0 Å². The van der Waals surface area contributed by atoms with Crippen LogP contribution in [0.3, 0.4) is 0 Å². The van der Waals surface area contributed by atoms with E-state index in [1.807, 2.05) is 0 Å². The molecule has 2 N–H and O–H groups in total. The Morgan fingerprint density at radius 1 is 1.55 bits per heavy atom. The summed E-state index contributed by atoms with van der Waals surface area (Å²) in [5.41, 5.74) is 0.287. The number of nitrogens with one attached hydrogen (secondary N) is 2. The topological polar surface area (TPSA) is 88.5 Å². The van der Waals surface area contributed by atoms with Crippen LogP contribution in [0, 0.1) is 5.92 Å². The van der Waals surface area contributed by atoms with Crippen molar-refractivity contribution in [3.63, 3.8) is 0 Å². The summed E-state index contributed by atoms with van der Waals surface area (Å²) in [7, 11) is 0. The van der Waals surface area contributed by atoms with Gasteiger partial charge in [-0.15, -0.1) is 0 Å². The number of aromatic nitrogens is 3. The molecule has 1 saturated carbocycles. The van der Waals surface area contributed by atoms with E-state index in [2.05, 4.69) is 15.3 Å². The van der Waals surface area contributed by atoms with Crippen molar-refractivity contribution in [3.05, 3.63) is 34.8 Å². The highest BCUT2D eigenvalue weighted by Crippen LogP contribution is 2.44. The van der Waals surface area contributed by atoms with Crippen LogP contribution in [-0.4, -0.2) is 39.0 Å². The number of aromatic amines is 1. The van der Waals surface area contributed by atoms with Crippen molar-refractivity contribution < 1.29 is 9.53 Å². The number of hydrogen-bond acceptors (Lipinski definition) is 4. The van der Waals surface area contributed by atoms with E-state index < -0.39 is 0 Å². The van der Waals surface area contributed by atoms with Gasteiger partial charge in [-0.05, 0) is 31.2 Å². The molecule has 22 heavy (non-hydrogen) atoms. The number of amides is 1. The Hall–Kier alpha value is -2.15. The number of fused-ring (bicyclic) bond motifs is 2. The lowest BCUT2D eigenvalue weighted by Gasteiger charge is -2.28. The second-order valence-electron chi connectivity index (χ2n) is 6.15. The molecule has 7 heteroatoms. The molecule has 116 valence electrons. The fourth-order valence-corrected chi connectivity index (χ4v) is 3.79. The molecule has 2 fully saturated rings. The van der Waals surface area contributed by atoms with Crippen molar-refractivity contribution >= 4 is 11.4 Å². The number of ether oxygens (including phenoxy) is 1. The molecule has 1 aliphatic heterocycles. The maximum atomic E-state index is 12.3. The number of imidazole rings is 1. The van der Waals surface area contributed by atoms with Crippen molar-refractivity contribution in [1.82, 2.24) is 19.7 Å². The molecule has 0 radical (unpaired) electrons. The predicted molar refractivity (Wildman–Crippen MR) is 78.8 cm³/mol. The highest BCUT2D eigenvalue weighted by molar-refractivity contribution is 5.93. The molecule has 0 bridgehead atoms. The molecule has 0 spiro atoms. The molecule has 2 atom stereocenters. The zero-order valence-corrected chi connectivity index (χ0v) is 12.2. The molecule has 2 aromatic rings. The Morgan fingerprint density at radius 3 is 3.36 bits per heavy atom. The Labute approximate surface area is 126 Å². The van der Waals surface area contributed by atoms with E-state index in [9.17, 15) is 9.59 Å². The maximum absolute atomic E-state index is 12.3. The fraction of sp³-hybridized carbons (Fsp3) is 0.533. The van der Waals surface area contributed by atoms with Crippen LogP contribution in [0.25, 0.3) is 5.52 Å². The molecule has 2 aromatic heterocycles. The normalized spacial score (nSPS) is 27.2. The average Bonchev–Trinajstić information content (AvgIpc) is 3.19. The molecule has 0 unspecified atom stereocenters. The Kier molecular flexibility index (Phi) is 3.04. The van der Waals surface area contributed by atoms with Crippen LogP contribution in [0.4, 0.5) is 0 Å². The van der Waals surface area contributed by atoms with Gasteiger partial charge in [0.1, 0.15) is 12.0 Å². The number of nitrogens with zero attached hydrogens (tertiary/aromatic N) is 2. The lowest BCUT2D eigenvalue weighted by molar-refractivity contribution is -0.00648. The molecule has 2 aliphatic rings. The summed E-state index contributed by atoms with van der Waals surface area (Å²) in [5, 5.41) is 2.92. The van der Waals surface area contributed by atoms with Gasteiger partial charge in [-0.2, -0.15) is 0 Å². The van der Waals surface area contributed by atoms with Gasteiger partial charge >= 0.3 is 5.69 Å². The average molecular weight is 302 g/mol. The van der Waals surface area contributed by atoms with E-state index in [1.165, 1.54) is 17.1 Å². The van der Waals surface area contributed by atoms with Crippen LogP contribution in [0.15, 0.2) is 23.4 Å². The van der Waals surface area contributed by atoms with Gasteiger partial charge in [0, 0.05) is 13.2 Å². The van der Waals surface area contributed by atoms with Gasteiger partial charge < -0.3 is 15.0 Å². The molecule has 1 aliphatic carbocycles. The minimum atomic E-state index is -0.367. The number of carbonyl (C=O) groups excluding carboxylic acids is 1. The van der Waals surface area contributed by atoms with Crippen molar-refractivity contribution in [3.8, 4) is 0 Å². The van der Waals surface area contributed by atoms with Crippen molar-refractivity contribution in [1.29, 1.82) is 0 Å². The standard InChI is InChI=1S/C15H18N4O3/c20-13(12-6-11-7-16-9-19(11)14(21)18-12)17-8-15-4-1-2-10(15)3-5-22-15/h6-7,9-10H,1-5,8H2,(H,17,20)(H,18,21)/t10-,15+/m0/s1. The molecule has 7 nitrogen and oxygen atoms in total. The highest BCUT2D eigenvalue weighted by atomic mass is 16.5. The van der Waals surface area contributed by atoms with Gasteiger partial charge in [0.25, 0.3) is 5.91 Å². The maximum Gasteiger partial charge on any atom is 0.331 e. The van der Waals surface area contributed by atoms with E-state index in [0.29, 0.717) is 18.0 Å². The Bertz CT molecular complexity index is 768. The summed E-state index contributed by atoms with van der Waals surface area (Å²) >= 11 is 0. The summed E-state index contributed by atoms with van der Waals surface area (Å²) in [6.45, 7) is 1.28. The van der Waals surface area contributed by atoms with Gasteiger partial charge in [0.15, 0.2) is 0 Å². The molecule has 0 aromatic carbocycles. The minimum absolute atomic E-state index is 0.198. The summed E-state index contributed by atoms with van der Waals surface area (Å²) in [5.74, 6) is 0.264. The summed E-state index contributed by atoms with van der Waals surface area (Å²) < 4.78 is 7.30. The second kappa shape index (κ2) is 4.95. The first-order valence-electron chi connectivity index (χ1n) is 7.65. The monoisotopic (exact) mass is 302 g/mol. The largest absolute Gasteiger partial charge is 0.373 e. The molecule has 4 rings (SSSR count). The van der Waals surface area contributed by atoms with Gasteiger partial charge in [-0.1, -0.05) is 6.42 Å². The quantitative estimate of drug-likeness (QED) is 0.874. The number of carbonyl (C=O) groups is 1. The van der Waals surface area contributed by atoms with Crippen LogP contribution in [0.2, 0.25) is 0 Å². The number of hydrogen-bond donors (Lipinski definition) is 2. The third kappa shape index (κ3) is 2.04. The number of H-pyrrole nitrogens is 1. The second-order valence-corrected chi connectivity index (χ2v) is 6.15. The summed E-state index contributed by atoms with van der Waals surface area (Å²) in [6, 6.07) is 1.63. The lowest BCUT2D eigenvalue weighted by atomic mass is 9.91. The van der Waals surface area contributed by atoms with Crippen molar-refractivity contribution in [2.75, 3.05) is 13.2 Å². The third-order valence-corrected chi connectivity index (χ3v) is 4.96. The zero-order chi connectivity index (χ0) is 15.2. The van der Waals surface area contributed by atoms with E-state index in [-0.39, 0.29) is 22.9 Å². The van der Waals surface area contributed by atoms with E-state index in [4.69, 9.17) is 4.74 Å². The molecular formula is C15H18N4O3. The fourth-order valence-electron chi connectivity index (χ4n) is 3.79. The summed E-state index contributed by atoms with van der Waals surface area (Å²) in [6.07, 6.45) is 7.38. The molecule has 1 amide bonds. The third-order valence-electron chi connectivity index (χ3n) is 4.96. The smallest absolute Gasteiger partial charge is 0.331 e. The van der Waals surface area contributed by atoms with E-state index in [1.54, 1.807) is 12.3 Å². The van der Waals surface area contributed by atoms with Gasteiger partial charge in [0.05, 0.1) is 17.3 Å². The van der Waals surface area contributed by atoms with Crippen molar-refractivity contribution in [2.24, 2.45) is 5.92 Å². The van der Waals surface area contributed by atoms with Gasteiger partial charge in [0.2, 0.25) is 0 Å². The van der Waals surface area contributed by atoms with Crippen LogP contribution in [0.5, 0.6) is 0 Å². The molecule has 3 heterocycles. The van der Waals surface area contributed by atoms with E-state index >= 15 is 0 Å². The van der Waals surface area contributed by atoms with Gasteiger partial charge in [-0.3, -0.25) is 9.20 Å². The van der Waals surface area contributed by atoms with Crippen LogP contribution >= 0.6 is 0 Å². The molecular weight excluding hydrogens is 284 g/mol. The predicted octanol–water partition coefficient (Wildman–Crippen LogP) is 0.712. The minimum Gasteiger partial charge on any atom is -0.373 e. The van der Waals surface area contributed by atoms with Crippen molar-refractivity contribution in [2.45, 2.75) is 31.3 Å². The Balaban J connectivity index is 1.53. The zero-order valence-electron chi connectivity index (χ0n) is 12.2. The first-order chi connectivity index (χ1) is 10.7. The number of rotatable bonds is 3. The first kappa shape index (κ1) is 13.5. The Morgan fingerprint density at radius 2 is 2.45 bits per heavy atom. The SMILES string of the molecule is O=C(NC[C@]12CCC[C@H]1CCO2)c1cc2cncn2c(=O)[nH]1. The van der Waals surface area contributed by atoms with E-state index in [0.717, 1.165) is 25.9 Å². The van der Waals surface area contributed by atoms with Gasteiger partial charge in [-0.25, -0.2) is 9.78 Å². The lowest BCUT2D eigenvalue weighted by Crippen LogP contribution is -2.44.